The maximum absolute atomic E-state index is 12.4. The number of ether oxygens (including phenoxy) is 1. The molecule has 0 saturated heterocycles. The Hall–Kier alpha value is -1.55. The average Bonchev–Trinajstić information content (AvgIpc) is 3.00. The van der Waals surface area contributed by atoms with E-state index < -0.39 is 39.6 Å². The summed E-state index contributed by atoms with van der Waals surface area (Å²) in [6, 6.07) is 3.84. The van der Waals surface area contributed by atoms with Crippen LogP contribution in [0.1, 0.15) is 0 Å². The molecule has 0 spiro atoms. The number of rotatable bonds is 3. The molecule has 0 fully saturated rings. The molecule has 2 amide bonds. The van der Waals surface area contributed by atoms with Crippen molar-refractivity contribution in [1.29, 1.82) is 0 Å². The standard InChI is InChI=1S/C7H6ClO.C7H7F3N2O3.In/c1-9-7-4-2-6(8)3-5-7;1-3-4(2)12(6(11)14)15-5(13)7(8,9)10;/h2-4H,1H3;3H,1-2H2,(H2,11,14);. The van der Waals surface area contributed by atoms with Crippen LogP contribution in [0.3, 0.4) is 0 Å². The van der Waals surface area contributed by atoms with Gasteiger partial charge in [-0.15, -0.1) is 0 Å². The number of urea groups is 1. The molecular weight excluding hydrogens is 467 g/mol. The number of allylic oxidation sites excluding steroid dienone is 2. The summed E-state index contributed by atoms with van der Waals surface area (Å²) < 4.78 is 44.2. The van der Waals surface area contributed by atoms with Gasteiger partial charge in [0.05, 0.1) is 0 Å². The molecule has 1 aromatic carbocycles. The van der Waals surface area contributed by atoms with E-state index in [1.807, 2.05) is 0 Å². The molecule has 0 saturated carbocycles. The van der Waals surface area contributed by atoms with Crippen molar-refractivity contribution in [3.63, 3.8) is 0 Å². The predicted molar refractivity (Wildman–Crippen MR) is 84.7 cm³/mol. The van der Waals surface area contributed by atoms with Crippen molar-refractivity contribution < 1.29 is 32.3 Å². The molecule has 25 heavy (non-hydrogen) atoms. The maximum atomic E-state index is 12.4. The second-order valence-corrected chi connectivity index (χ2v) is 13.9. The van der Waals surface area contributed by atoms with Crippen molar-refractivity contribution in [2.45, 2.75) is 14.5 Å². The molecular formula is C14H13ClF3InN2O4. The fourth-order valence-electron chi connectivity index (χ4n) is 2.50. The summed E-state index contributed by atoms with van der Waals surface area (Å²) >= 11 is 3.41. The van der Waals surface area contributed by atoms with Crippen LogP contribution in [0.2, 0.25) is 13.4 Å². The van der Waals surface area contributed by atoms with Crippen molar-refractivity contribution in [3.8, 4) is 5.75 Å². The number of primary amides is 1. The van der Waals surface area contributed by atoms with E-state index in [9.17, 15) is 22.8 Å². The molecule has 1 aliphatic heterocycles. The van der Waals surface area contributed by atoms with Crippen LogP contribution < -0.4 is 13.8 Å². The van der Waals surface area contributed by atoms with Gasteiger partial charge in [-0.3, -0.25) is 0 Å². The number of alkyl halides is 3. The van der Waals surface area contributed by atoms with Gasteiger partial charge in [-0.2, -0.15) is 0 Å². The Morgan fingerprint density at radius 3 is 2.60 bits per heavy atom. The van der Waals surface area contributed by atoms with Crippen LogP contribution in [-0.4, -0.2) is 51.8 Å². The SMILES string of the molecule is COc1ccc(Cl)c[c]1[In]1[CH2]C=C(N(OC(=O)C(F)(F)F)C(N)=O)[CH2]1. The molecule has 0 radical (unpaired) electrons. The predicted octanol–water partition coefficient (Wildman–Crippen LogP) is 2.35. The summed E-state index contributed by atoms with van der Waals surface area (Å²) in [5.41, 5.74) is 5.20. The third-order valence-corrected chi connectivity index (χ3v) is 12.5. The monoisotopic (exact) mass is 480 g/mol. The molecule has 1 aromatic rings. The quantitative estimate of drug-likeness (QED) is 0.674. The van der Waals surface area contributed by atoms with Crippen LogP contribution >= 0.6 is 11.6 Å². The second kappa shape index (κ2) is 7.77. The number of benzene rings is 1. The van der Waals surface area contributed by atoms with Crippen molar-refractivity contribution in [2.24, 2.45) is 5.73 Å². The van der Waals surface area contributed by atoms with Gasteiger partial charge < -0.3 is 0 Å². The second-order valence-electron chi connectivity index (χ2n) is 5.23. The van der Waals surface area contributed by atoms with E-state index >= 15 is 0 Å². The van der Waals surface area contributed by atoms with Gasteiger partial charge in [-0.05, 0) is 0 Å². The van der Waals surface area contributed by atoms with Gasteiger partial charge in [-0.1, -0.05) is 0 Å². The van der Waals surface area contributed by atoms with E-state index in [1.54, 1.807) is 24.3 Å². The van der Waals surface area contributed by atoms with Crippen molar-refractivity contribution in [1.82, 2.24) is 5.06 Å². The van der Waals surface area contributed by atoms with Crippen LogP contribution in [-0.2, 0) is 9.63 Å². The number of amides is 2. The van der Waals surface area contributed by atoms with E-state index in [2.05, 4.69) is 4.84 Å². The number of hydroxylamine groups is 2. The zero-order valence-electron chi connectivity index (χ0n) is 13.0. The Morgan fingerprint density at radius 1 is 1.36 bits per heavy atom. The minimum atomic E-state index is -5.23. The number of nitrogens with two attached hydrogens (primary N) is 1. The Morgan fingerprint density at radius 2 is 2.04 bits per heavy atom. The molecule has 0 aliphatic carbocycles. The minimum absolute atomic E-state index is 0.146. The van der Waals surface area contributed by atoms with Crippen molar-refractivity contribution >= 4 is 48.4 Å². The first-order chi connectivity index (χ1) is 11.6. The fourth-order valence-corrected chi connectivity index (χ4v) is 11.7. The zero-order chi connectivity index (χ0) is 18.8. The van der Waals surface area contributed by atoms with E-state index in [0.717, 1.165) is 3.32 Å². The number of carbonyl (C=O) groups excluding carboxylic acids is 2. The van der Waals surface area contributed by atoms with Gasteiger partial charge in [0.15, 0.2) is 0 Å². The number of nitrogens with zero attached hydrogens (tertiary/aromatic N) is 1. The van der Waals surface area contributed by atoms with Crippen molar-refractivity contribution in [2.75, 3.05) is 7.11 Å². The molecule has 2 rings (SSSR count). The first-order valence-electron chi connectivity index (χ1n) is 7.04. The molecule has 0 bridgehead atoms. The normalized spacial score (nSPS) is 14.1. The molecule has 0 unspecified atom stereocenters. The summed E-state index contributed by atoms with van der Waals surface area (Å²) in [7, 11) is 1.50. The van der Waals surface area contributed by atoms with E-state index in [1.165, 1.54) is 7.11 Å². The Bertz CT molecular complexity index is 727. The third-order valence-electron chi connectivity index (χ3n) is 3.59. The molecule has 1 aliphatic rings. The van der Waals surface area contributed by atoms with Gasteiger partial charge in [0.2, 0.25) is 0 Å². The van der Waals surface area contributed by atoms with Gasteiger partial charge in [-0.25, -0.2) is 0 Å². The average molecular weight is 481 g/mol. The Kier molecular flexibility index (Phi) is 6.15. The van der Waals surface area contributed by atoms with Crippen molar-refractivity contribution in [3.05, 3.63) is 35.0 Å². The number of hydrogen-bond acceptors (Lipinski definition) is 4. The summed E-state index contributed by atoms with van der Waals surface area (Å²) in [5.74, 6) is -1.87. The number of methoxy groups -OCH3 is 1. The molecule has 6 nitrogen and oxygen atoms in total. The van der Waals surface area contributed by atoms with Gasteiger partial charge in [0.25, 0.3) is 0 Å². The van der Waals surface area contributed by atoms with Gasteiger partial charge in [0, 0.05) is 0 Å². The molecule has 2 N–H and O–H groups in total. The van der Waals surface area contributed by atoms with Crippen LogP contribution in [0, 0.1) is 0 Å². The summed E-state index contributed by atoms with van der Waals surface area (Å²) in [4.78, 5) is 26.5. The van der Waals surface area contributed by atoms with Crippen LogP contribution in [0.15, 0.2) is 30.0 Å². The number of halogens is 4. The Balaban J connectivity index is 2.18. The molecule has 0 aromatic heterocycles. The van der Waals surface area contributed by atoms with E-state index in [4.69, 9.17) is 22.1 Å². The molecule has 134 valence electrons. The van der Waals surface area contributed by atoms with Crippen LogP contribution in [0.4, 0.5) is 18.0 Å². The fraction of sp³-hybridized carbons (Fsp3) is 0.286. The molecule has 0 atom stereocenters. The topological polar surface area (TPSA) is 81.9 Å². The van der Waals surface area contributed by atoms with E-state index in [0.29, 0.717) is 19.1 Å². The third kappa shape index (κ3) is 4.75. The first kappa shape index (κ1) is 19.8. The van der Waals surface area contributed by atoms with Gasteiger partial charge >= 0.3 is 154 Å². The van der Waals surface area contributed by atoms with Crippen LogP contribution in [0.25, 0.3) is 0 Å². The summed E-state index contributed by atoms with van der Waals surface area (Å²) in [6.07, 6.45) is -3.67. The number of hydrogen-bond donors (Lipinski definition) is 1. The van der Waals surface area contributed by atoms with Gasteiger partial charge in [0.1, 0.15) is 0 Å². The number of carbonyl (C=O) groups is 2. The first-order valence-corrected chi connectivity index (χ1v) is 13.7. The molecule has 1 heterocycles. The van der Waals surface area contributed by atoms with Crippen LogP contribution in [0.5, 0.6) is 5.75 Å². The van der Waals surface area contributed by atoms with E-state index in [-0.39, 0.29) is 10.8 Å². The summed E-state index contributed by atoms with van der Waals surface area (Å²) in [6.45, 7) is 0. The molecule has 11 heteroatoms. The Labute approximate surface area is 153 Å². The summed E-state index contributed by atoms with van der Waals surface area (Å²) in [5, 5.41) is 0.722. The zero-order valence-corrected chi connectivity index (χ0v) is 17.0.